The minimum absolute atomic E-state index is 0.224. The summed E-state index contributed by atoms with van der Waals surface area (Å²) in [6.07, 6.45) is 3.58. The first-order valence-corrected chi connectivity index (χ1v) is 12.8. The van der Waals surface area contributed by atoms with E-state index >= 15 is 0 Å². The van der Waals surface area contributed by atoms with Crippen LogP contribution >= 0.6 is 0 Å². The highest BCUT2D eigenvalue weighted by Gasteiger charge is 2.20. The topological polar surface area (TPSA) is 104 Å². The van der Waals surface area contributed by atoms with Crippen LogP contribution in [0.4, 0.5) is 17.3 Å². The summed E-state index contributed by atoms with van der Waals surface area (Å²) in [5.74, 6) is 0.906. The summed E-state index contributed by atoms with van der Waals surface area (Å²) in [4.78, 5) is 31.8. The molecular formula is C28H34N8O2. The molecule has 0 aliphatic carbocycles. The Bertz CT molecular complexity index is 1490. The van der Waals surface area contributed by atoms with Crippen LogP contribution in [0.1, 0.15) is 19.5 Å². The fourth-order valence-corrected chi connectivity index (χ4v) is 4.68. The van der Waals surface area contributed by atoms with Crippen LogP contribution < -0.4 is 15.8 Å². The van der Waals surface area contributed by atoms with E-state index < -0.39 is 5.60 Å². The minimum atomic E-state index is -0.912. The zero-order valence-electron chi connectivity index (χ0n) is 22.1. The Labute approximate surface area is 221 Å². The number of nitrogens with one attached hydrogen (secondary N) is 1. The second-order valence-corrected chi connectivity index (χ2v) is 10.4. The number of piperazine rings is 1. The molecule has 0 amide bonds. The highest BCUT2D eigenvalue weighted by molar-refractivity contribution is 5.77. The van der Waals surface area contributed by atoms with Crippen LogP contribution in [-0.2, 0) is 13.0 Å². The number of benzene rings is 1. The lowest BCUT2D eigenvalue weighted by molar-refractivity contribution is 0.0799. The number of anilines is 3. The van der Waals surface area contributed by atoms with Gasteiger partial charge in [0.1, 0.15) is 5.39 Å². The summed E-state index contributed by atoms with van der Waals surface area (Å²) >= 11 is 0. The van der Waals surface area contributed by atoms with Gasteiger partial charge in [-0.2, -0.15) is 4.98 Å². The van der Waals surface area contributed by atoms with Gasteiger partial charge in [-0.1, -0.05) is 12.1 Å². The summed E-state index contributed by atoms with van der Waals surface area (Å²) in [5.41, 5.74) is 2.06. The molecule has 198 valence electrons. The highest BCUT2D eigenvalue weighted by Crippen LogP contribution is 2.23. The Morgan fingerprint density at radius 2 is 1.82 bits per heavy atom. The van der Waals surface area contributed by atoms with Gasteiger partial charge in [0.05, 0.1) is 12.1 Å². The molecule has 1 fully saturated rings. The Balaban J connectivity index is 1.48. The van der Waals surface area contributed by atoms with Gasteiger partial charge in [0.2, 0.25) is 5.95 Å². The number of aliphatic hydroxyl groups is 1. The van der Waals surface area contributed by atoms with Crippen LogP contribution in [-0.4, -0.2) is 73.1 Å². The van der Waals surface area contributed by atoms with Gasteiger partial charge in [-0.15, -0.1) is 6.58 Å². The van der Waals surface area contributed by atoms with Crippen molar-refractivity contribution in [1.82, 2.24) is 29.2 Å². The molecule has 38 heavy (non-hydrogen) atoms. The third kappa shape index (κ3) is 5.46. The molecule has 1 saturated heterocycles. The lowest BCUT2D eigenvalue weighted by atomic mass is 10.0. The molecule has 0 bridgehead atoms. The second-order valence-electron chi connectivity index (χ2n) is 10.4. The largest absolute Gasteiger partial charge is 0.390 e. The van der Waals surface area contributed by atoms with E-state index in [0.29, 0.717) is 34.9 Å². The molecule has 10 heteroatoms. The van der Waals surface area contributed by atoms with Crippen molar-refractivity contribution < 1.29 is 5.11 Å². The number of likely N-dealkylation sites (N-methyl/N-ethyl adjacent to an activating group) is 1. The van der Waals surface area contributed by atoms with E-state index in [4.69, 9.17) is 9.97 Å². The van der Waals surface area contributed by atoms with Crippen molar-refractivity contribution in [1.29, 1.82) is 0 Å². The van der Waals surface area contributed by atoms with Crippen LogP contribution in [0.3, 0.4) is 0 Å². The van der Waals surface area contributed by atoms with Crippen molar-refractivity contribution in [2.24, 2.45) is 0 Å². The fourth-order valence-electron chi connectivity index (χ4n) is 4.68. The average molecular weight is 515 g/mol. The summed E-state index contributed by atoms with van der Waals surface area (Å²) in [6.45, 7) is 11.7. The van der Waals surface area contributed by atoms with Gasteiger partial charge < -0.3 is 20.2 Å². The first-order chi connectivity index (χ1) is 18.2. The third-order valence-corrected chi connectivity index (χ3v) is 6.59. The normalized spacial score (nSPS) is 14.7. The number of nitrogens with zero attached hydrogens (tertiary/aromatic N) is 7. The molecule has 10 nitrogen and oxygen atoms in total. The summed E-state index contributed by atoms with van der Waals surface area (Å²) in [6, 6.07) is 13.8. The van der Waals surface area contributed by atoms with Crippen LogP contribution in [0.5, 0.6) is 0 Å². The average Bonchev–Trinajstić information content (AvgIpc) is 3.15. The van der Waals surface area contributed by atoms with Gasteiger partial charge in [-0.25, -0.2) is 19.3 Å². The maximum Gasteiger partial charge on any atom is 0.278 e. The SMILES string of the molecule is C=CCn1c(=O)c2cnc(Nc3ccc(N4CCN(C)CC4)cc3)nc2n1-c1cccc(CC(C)(C)O)n1. The van der Waals surface area contributed by atoms with Gasteiger partial charge in [0.15, 0.2) is 11.5 Å². The van der Waals surface area contributed by atoms with E-state index in [0.717, 1.165) is 31.9 Å². The molecule has 0 radical (unpaired) electrons. The molecule has 0 atom stereocenters. The zero-order valence-corrected chi connectivity index (χ0v) is 22.1. The van der Waals surface area contributed by atoms with Crippen molar-refractivity contribution in [2.75, 3.05) is 43.4 Å². The fraction of sp³-hybridized carbons (Fsp3) is 0.357. The standard InChI is InChI=1S/C28H34N8O2/c1-5-13-35-26(37)23-19-29-27(31-20-9-11-22(12-10-20)34-16-14-33(4)15-17-34)32-25(23)36(35)24-8-6-7-21(30-24)18-28(2,3)38/h5-12,19,38H,1,13-18H2,2-4H3,(H,29,31,32). The van der Waals surface area contributed by atoms with Gasteiger partial charge in [0.25, 0.3) is 5.56 Å². The maximum atomic E-state index is 13.2. The summed E-state index contributed by atoms with van der Waals surface area (Å²) in [7, 11) is 2.15. The van der Waals surface area contributed by atoms with Crippen molar-refractivity contribution in [2.45, 2.75) is 32.4 Å². The predicted molar refractivity (Wildman–Crippen MR) is 151 cm³/mol. The van der Waals surface area contributed by atoms with Crippen LogP contribution in [0.2, 0.25) is 0 Å². The number of allylic oxidation sites excluding steroid dienone is 1. The first kappa shape index (κ1) is 25.6. The number of aromatic nitrogens is 5. The first-order valence-electron chi connectivity index (χ1n) is 12.8. The number of pyridine rings is 1. The molecule has 5 rings (SSSR count). The molecular weight excluding hydrogens is 480 g/mol. The monoisotopic (exact) mass is 514 g/mol. The van der Waals surface area contributed by atoms with E-state index in [9.17, 15) is 9.90 Å². The van der Waals surface area contributed by atoms with E-state index in [2.05, 4.69) is 45.9 Å². The number of fused-ring (bicyclic) bond motifs is 1. The van der Waals surface area contributed by atoms with Crippen molar-refractivity contribution in [3.63, 3.8) is 0 Å². The molecule has 0 unspecified atom stereocenters. The maximum absolute atomic E-state index is 13.2. The lowest BCUT2D eigenvalue weighted by Crippen LogP contribution is -2.44. The number of hydrogen-bond donors (Lipinski definition) is 2. The van der Waals surface area contributed by atoms with E-state index in [-0.39, 0.29) is 12.1 Å². The molecule has 1 aliphatic heterocycles. The third-order valence-electron chi connectivity index (χ3n) is 6.59. The quantitative estimate of drug-likeness (QED) is 0.346. The van der Waals surface area contributed by atoms with Crippen LogP contribution in [0, 0.1) is 0 Å². The van der Waals surface area contributed by atoms with Crippen molar-refractivity contribution >= 4 is 28.4 Å². The van der Waals surface area contributed by atoms with Crippen LogP contribution in [0.15, 0.2) is 66.1 Å². The smallest absolute Gasteiger partial charge is 0.278 e. The molecule has 0 spiro atoms. The second kappa shape index (κ2) is 10.4. The highest BCUT2D eigenvalue weighted by atomic mass is 16.3. The van der Waals surface area contributed by atoms with Crippen LogP contribution in [0.25, 0.3) is 16.9 Å². The van der Waals surface area contributed by atoms with Gasteiger partial charge in [-0.05, 0) is 57.3 Å². The summed E-state index contributed by atoms with van der Waals surface area (Å²) < 4.78 is 3.23. The predicted octanol–water partition coefficient (Wildman–Crippen LogP) is 2.97. The molecule has 4 heterocycles. The Morgan fingerprint density at radius 1 is 1.08 bits per heavy atom. The Morgan fingerprint density at radius 3 is 2.50 bits per heavy atom. The minimum Gasteiger partial charge on any atom is -0.390 e. The zero-order chi connectivity index (χ0) is 26.9. The van der Waals surface area contributed by atoms with Crippen molar-refractivity contribution in [3.8, 4) is 5.82 Å². The summed E-state index contributed by atoms with van der Waals surface area (Å²) in [5, 5.41) is 13.9. The molecule has 1 aliphatic rings. The number of hydrogen-bond acceptors (Lipinski definition) is 8. The van der Waals surface area contributed by atoms with Crippen molar-refractivity contribution in [3.05, 3.63) is 77.4 Å². The molecule has 2 N–H and O–H groups in total. The van der Waals surface area contributed by atoms with E-state index in [1.165, 1.54) is 10.4 Å². The van der Waals surface area contributed by atoms with E-state index in [1.54, 1.807) is 30.8 Å². The molecule has 3 aromatic heterocycles. The van der Waals surface area contributed by atoms with Gasteiger partial charge in [-0.3, -0.25) is 4.79 Å². The Kier molecular flexibility index (Phi) is 7.00. The lowest BCUT2D eigenvalue weighted by Gasteiger charge is -2.34. The molecule has 0 saturated carbocycles. The Hall–Kier alpha value is -4.02. The number of rotatable bonds is 8. The molecule has 1 aromatic carbocycles. The molecule has 4 aromatic rings. The van der Waals surface area contributed by atoms with Gasteiger partial charge >= 0.3 is 0 Å². The van der Waals surface area contributed by atoms with E-state index in [1.807, 2.05) is 30.3 Å². The van der Waals surface area contributed by atoms with Gasteiger partial charge in [0, 0.05) is 55.9 Å².